The summed E-state index contributed by atoms with van der Waals surface area (Å²) in [5.74, 6) is 0.0529. The fourth-order valence-corrected chi connectivity index (χ4v) is 4.03. The molecule has 8 heteroatoms. The Morgan fingerprint density at radius 3 is 2.56 bits per heavy atom. The molecule has 0 heterocycles. The number of nitrogens with zero attached hydrogens (tertiary/aromatic N) is 1. The Hall–Kier alpha value is -1.64. The van der Waals surface area contributed by atoms with Gasteiger partial charge in [0.2, 0.25) is 15.9 Å². The van der Waals surface area contributed by atoms with E-state index in [1.165, 1.54) is 26.2 Å². The van der Waals surface area contributed by atoms with Gasteiger partial charge in [-0.25, -0.2) is 12.7 Å². The monoisotopic (exact) mass is 368 g/mol. The molecule has 140 valence electrons. The largest absolute Gasteiger partial charge is 0.384 e. The molecule has 0 radical (unpaired) electrons. The van der Waals surface area contributed by atoms with Crippen molar-refractivity contribution in [1.82, 2.24) is 4.31 Å². The van der Waals surface area contributed by atoms with E-state index in [1.807, 2.05) is 6.92 Å². The van der Waals surface area contributed by atoms with Crippen LogP contribution in [0.15, 0.2) is 23.1 Å². The average Bonchev–Trinajstić information content (AvgIpc) is 2.94. The molecule has 0 spiro atoms. The van der Waals surface area contributed by atoms with Crippen LogP contribution in [0.25, 0.3) is 0 Å². The number of anilines is 2. The fourth-order valence-electron chi connectivity index (χ4n) is 3.10. The first kappa shape index (κ1) is 19.7. The number of nitrogens with two attached hydrogens (primary N) is 1. The van der Waals surface area contributed by atoms with Gasteiger partial charge in [-0.15, -0.1) is 0 Å². The molecule has 0 unspecified atom stereocenters. The van der Waals surface area contributed by atoms with Crippen molar-refractivity contribution in [3.8, 4) is 0 Å². The van der Waals surface area contributed by atoms with E-state index in [2.05, 4.69) is 10.6 Å². The number of benzene rings is 1. The molecule has 0 bridgehead atoms. The highest BCUT2D eigenvalue weighted by atomic mass is 32.2. The minimum absolute atomic E-state index is 0.0689. The van der Waals surface area contributed by atoms with Crippen molar-refractivity contribution in [3.63, 3.8) is 0 Å². The Bertz CT molecular complexity index is 719. The van der Waals surface area contributed by atoms with Gasteiger partial charge in [0, 0.05) is 33.1 Å². The molecule has 0 saturated heterocycles. The summed E-state index contributed by atoms with van der Waals surface area (Å²) in [6.07, 6.45) is 3.33. The maximum Gasteiger partial charge on any atom is 0.242 e. The normalized spacial score (nSPS) is 20.7. The van der Waals surface area contributed by atoms with Gasteiger partial charge in [-0.2, -0.15) is 0 Å². The van der Waals surface area contributed by atoms with E-state index in [-0.39, 0.29) is 22.8 Å². The van der Waals surface area contributed by atoms with Crippen LogP contribution in [0.3, 0.4) is 0 Å². The molecule has 7 nitrogen and oxygen atoms in total. The molecule has 0 aromatic heterocycles. The predicted octanol–water partition coefficient (Wildman–Crippen LogP) is 1.82. The van der Waals surface area contributed by atoms with Gasteiger partial charge in [-0.05, 0) is 43.9 Å². The van der Waals surface area contributed by atoms with Gasteiger partial charge < -0.3 is 16.4 Å². The van der Waals surface area contributed by atoms with Crippen LogP contribution in [-0.2, 0) is 14.8 Å². The highest BCUT2D eigenvalue weighted by Crippen LogP contribution is 2.29. The van der Waals surface area contributed by atoms with Gasteiger partial charge in [-0.1, -0.05) is 6.42 Å². The second kappa shape index (κ2) is 8.16. The zero-order valence-electron chi connectivity index (χ0n) is 15.1. The number of rotatable bonds is 7. The number of amides is 1. The molecular weight excluding hydrogens is 340 g/mol. The lowest BCUT2D eigenvalue weighted by Gasteiger charge is -2.18. The van der Waals surface area contributed by atoms with Crippen molar-refractivity contribution in [2.75, 3.05) is 31.3 Å². The molecule has 4 N–H and O–H groups in total. The summed E-state index contributed by atoms with van der Waals surface area (Å²) in [7, 11) is -0.605. The summed E-state index contributed by atoms with van der Waals surface area (Å²) in [6.45, 7) is 2.60. The standard InChI is InChI=1S/C17H28N4O3S/c1-4-19-15-9-8-13(25(23,24)21(2)3)11-16(15)20-17(22)10-12-6-5-7-14(12)18/h8-9,11-12,14,19H,4-7,10,18H2,1-3H3,(H,20,22)/t12-,14+/m0/s1. The zero-order valence-corrected chi connectivity index (χ0v) is 15.9. The second-order valence-corrected chi connectivity index (χ2v) is 8.78. The van der Waals surface area contributed by atoms with E-state index in [0.29, 0.717) is 24.3 Å². The van der Waals surface area contributed by atoms with E-state index in [0.717, 1.165) is 23.6 Å². The Morgan fingerprint density at radius 2 is 2.00 bits per heavy atom. The predicted molar refractivity (Wildman–Crippen MR) is 100 cm³/mol. The first-order valence-electron chi connectivity index (χ1n) is 8.61. The molecule has 2 rings (SSSR count). The Labute approximate surface area is 150 Å². The van der Waals surface area contributed by atoms with Gasteiger partial charge in [0.05, 0.1) is 16.3 Å². The maximum absolute atomic E-state index is 12.4. The minimum Gasteiger partial charge on any atom is -0.384 e. The summed E-state index contributed by atoms with van der Waals surface area (Å²) < 4.78 is 25.8. The second-order valence-electron chi connectivity index (χ2n) is 6.63. The molecule has 1 aliphatic carbocycles. The molecule has 1 aliphatic rings. The lowest BCUT2D eigenvalue weighted by Crippen LogP contribution is -2.28. The first-order valence-corrected chi connectivity index (χ1v) is 10.1. The number of hydrogen-bond acceptors (Lipinski definition) is 5. The number of nitrogens with one attached hydrogen (secondary N) is 2. The van der Waals surface area contributed by atoms with Crippen LogP contribution in [0.1, 0.15) is 32.6 Å². The molecule has 2 atom stereocenters. The Morgan fingerprint density at radius 1 is 1.28 bits per heavy atom. The molecule has 0 aliphatic heterocycles. The van der Waals surface area contributed by atoms with Gasteiger partial charge >= 0.3 is 0 Å². The van der Waals surface area contributed by atoms with E-state index in [4.69, 9.17) is 5.73 Å². The third-order valence-electron chi connectivity index (χ3n) is 4.58. The zero-order chi connectivity index (χ0) is 18.6. The Kier molecular flexibility index (Phi) is 6.42. The van der Waals surface area contributed by atoms with Gasteiger partial charge in [0.1, 0.15) is 0 Å². The SMILES string of the molecule is CCNc1ccc(S(=O)(=O)N(C)C)cc1NC(=O)C[C@@H]1CCC[C@H]1N. The van der Waals surface area contributed by atoms with Crippen LogP contribution in [0.2, 0.25) is 0 Å². The molecule has 1 aromatic carbocycles. The summed E-state index contributed by atoms with van der Waals surface area (Å²) in [5.41, 5.74) is 7.21. The van der Waals surface area contributed by atoms with Gasteiger partial charge in [0.15, 0.2) is 0 Å². The smallest absolute Gasteiger partial charge is 0.242 e. The minimum atomic E-state index is -3.56. The fraction of sp³-hybridized carbons (Fsp3) is 0.588. The molecular formula is C17H28N4O3S. The van der Waals surface area contributed by atoms with Crippen LogP contribution >= 0.6 is 0 Å². The summed E-state index contributed by atoms with van der Waals surface area (Å²) in [4.78, 5) is 12.6. The highest BCUT2D eigenvalue weighted by Gasteiger charge is 2.26. The number of carbonyl (C=O) groups is 1. The van der Waals surface area contributed by atoms with Crippen LogP contribution < -0.4 is 16.4 Å². The molecule has 1 amide bonds. The van der Waals surface area contributed by atoms with Crippen molar-refractivity contribution < 1.29 is 13.2 Å². The highest BCUT2D eigenvalue weighted by molar-refractivity contribution is 7.89. The lowest BCUT2D eigenvalue weighted by molar-refractivity contribution is -0.117. The average molecular weight is 369 g/mol. The molecule has 1 fully saturated rings. The van der Waals surface area contributed by atoms with Gasteiger partial charge in [-0.3, -0.25) is 4.79 Å². The van der Waals surface area contributed by atoms with E-state index in [9.17, 15) is 13.2 Å². The summed E-state index contributed by atoms with van der Waals surface area (Å²) in [5, 5.41) is 6.00. The number of hydrogen-bond donors (Lipinski definition) is 3. The number of carbonyl (C=O) groups excluding carboxylic acids is 1. The summed E-state index contributed by atoms with van der Waals surface area (Å²) in [6, 6.07) is 4.78. The van der Waals surface area contributed by atoms with Crippen LogP contribution in [0.5, 0.6) is 0 Å². The van der Waals surface area contributed by atoms with Crippen molar-refractivity contribution in [1.29, 1.82) is 0 Å². The molecule has 1 aromatic rings. The third-order valence-corrected chi connectivity index (χ3v) is 6.39. The number of sulfonamides is 1. The van der Waals surface area contributed by atoms with Crippen molar-refractivity contribution in [2.45, 2.75) is 43.5 Å². The third kappa shape index (κ3) is 4.71. The lowest BCUT2D eigenvalue weighted by atomic mass is 10.00. The van der Waals surface area contributed by atoms with Crippen LogP contribution in [0, 0.1) is 5.92 Å². The Balaban J connectivity index is 2.22. The van der Waals surface area contributed by atoms with E-state index in [1.54, 1.807) is 6.07 Å². The first-order chi connectivity index (χ1) is 11.8. The van der Waals surface area contributed by atoms with Gasteiger partial charge in [0.25, 0.3) is 0 Å². The van der Waals surface area contributed by atoms with E-state index >= 15 is 0 Å². The van der Waals surface area contributed by atoms with Crippen molar-refractivity contribution >= 4 is 27.3 Å². The topological polar surface area (TPSA) is 105 Å². The summed E-state index contributed by atoms with van der Waals surface area (Å²) >= 11 is 0. The van der Waals surface area contributed by atoms with Crippen molar-refractivity contribution in [2.24, 2.45) is 11.7 Å². The van der Waals surface area contributed by atoms with Crippen molar-refractivity contribution in [3.05, 3.63) is 18.2 Å². The van der Waals surface area contributed by atoms with Crippen LogP contribution in [-0.4, -0.2) is 45.3 Å². The van der Waals surface area contributed by atoms with Crippen LogP contribution in [0.4, 0.5) is 11.4 Å². The molecule has 1 saturated carbocycles. The van der Waals surface area contributed by atoms with E-state index < -0.39 is 10.0 Å². The maximum atomic E-state index is 12.4. The quantitative estimate of drug-likeness (QED) is 0.681. The molecule has 25 heavy (non-hydrogen) atoms.